The lowest BCUT2D eigenvalue weighted by Crippen LogP contribution is -2.50. The van der Waals surface area contributed by atoms with Gasteiger partial charge in [-0.25, -0.2) is 17.5 Å². The van der Waals surface area contributed by atoms with Crippen LogP contribution in [0.4, 0.5) is 4.39 Å². The number of halogens is 1. The Hall–Kier alpha value is -1.88. The van der Waals surface area contributed by atoms with Crippen LogP contribution >= 0.6 is 0 Å². The molecule has 0 spiro atoms. The third-order valence-electron chi connectivity index (χ3n) is 5.46. The molecule has 2 N–H and O–H groups in total. The molecule has 0 radical (unpaired) electrons. The van der Waals surface area contributed by atoms with E-state index in [2.05, 4.69) is 15.0 Å². The van der Waals surface area contributed by atoms with Crippen molar-refractivity contribution in [3.63, 3.8) is 0 Å². The highest BCUT2D eigenvalue weighted by atomic mass is 32.2. The average Bonchev–Trinajstić information content (AvgIpc) is 3.45. The number of hydrogen-bond donors (Lipinski definition) is 2. The van der Waals surface area contributed by atoms with E-state index in [-0.39, 0.29) is 17.6 Å². The van der Waals surface area contributed by atoms with Crippen LogP contribution in [-0.4, -0.2) is 53.4 Å². The van der Waals surface area contributed by atoms with Gasteiger partial charge in [0.15, 0.2) is 0 Å². The number of benzene rings is 1. The molecule has 4 rings (SSSR count). The quantitative estimate of drug-likeness (QED) is 0.666. The summed E-state index contributed by atoms with van der Waals surface area (Å²) >= 11 is 0. The topological polar surface area (TPSA) is 106 Å². The summed E-state index contributed by atoms with van der Waals surface area (Å²) in [5.74, 6) is 0.0565. The average molecular weight is 424 g/mol. The molecule has 8 nitrogen and oxygen atoms in total. The van der Waals surface area contributed by atoms with Gasteiger partial charge in [0.05, 0.1) is 35.4 Å². The Morgan fingerprint density at radius 3 is 2.66 bits per heavy atom. The molecule has 158 valence electrons. The van der Waals surface area contributed by atoms with Gasteiger partial charge in [-0.2, -0.15) is 0 Å². The van der Waals surface area contributed by atoms with Gasteiger partial charge in [-0.15, -0.1) is 5.10 Å². The van der Waals surface area contributed by atoms with Gasteiger partial charge >= 0.3 is 0 Å². The molecule has 1 saturated carbocycles. The molecule has 1 aliphatic carbocycles. The number of aromatic nitrogens is 3. The number of aryl methyl sites for hydroxylation is 1. The fourth-order valence-electron chi connectivity index (χ4n) is 3.63. The van der Waals surface area contributed by atoms with E-state index in [1.807, 2.05) is 10.9 Å². The lowest BCUT2D eigenvalue weighted by Gasteiger charge is -2.36. The van der Waals surface area contributed by atoms with Crippen molar-refractivity contribution >= 4 is 10.0 Å². The van der Waals surface area contributed by atoms with Crippen LogP contribution in [0.2, 0.25) is 0 Å². The Kier molecular flexibility index (Phi) is 5.95. The van der Waals surface area contributed by atoms with E-state index in [1.54, 1.807) is 0 Å². The fraction of sp³-hybridized carbons (Fsp3) is 0.579. The van der Waals surface area contributed by atoms with Gasteiger partial charge in [-0.1, -0.05) is 5.21 Å². The molecule has 2 aliphatic rings. The second kappa shape index (κ2) is 8.47. The number of nitrogens with one attached hydrogen (secondary N) is 1. The first kappa shape index (κ1) is 20.4. The molecule has 0 unspecified atom stereocenters. The molecular weight excluding hydrogens is 399 g/mol. The first-order valence-corrected chi connectivity index (χ1v) is 11.4. The Morgan fingerprint density at radius 1 is 1.21 bits per heavy atom. The summed E-state index contributed by atoms with van der Waals surface area (Å²) < 4.78 is 48.5. The van der Waals surface area contributed by atoms with Crippen molar-refractivity contribution in [3.05, 3.63) is 42.0 Å². The maximum Gasteiger partial charge on any atom is 0.240 e. The van der Waals surface area contributed by atoms with Crippen molar-refractivity contribution in [2.75, 3.05) is 6.61 Å². The summed E-state index contributed by atoms with van der Waals surface area (Å²) in [5, 5.41) is 18.0. The fourth-order valence-corrected chi connectivity index (χ4v) is 4.92. The summed E-state index contributed by atoms with van der Waals surface area (Å²) in [7, 11) is -3.82. The number of aliphatic hydroxyl groups excluding tert-OH is 1. The number of hydrogen-bond acceptors (Lipinski definition) is 6. The minimum atomic E-state index is -3.82. The van der Waals surface area contributed by atoms with Crippen LogP contribution in [-0.2, 0) is 21.3 Å². The second-order valence-electron chi connectivity index (χ2n) is 7.71. The molecule has 2 fully saturated rings. The zero-order valence-electron chi connectivity index (χ0n) is 15.9. The SMILES string of the molecule is O=S(=O)(N[C@@H]1CC[C@@H](CCn2cc(C3CC3)nn2)O[C@H]1CO)c1ccc(F)cc1. The Labute approximate surface area is 169 Å². The van der Waals surface area contributed by atoms with Crippen LogP contribution in [0.1, 0.15) is 43.7 Å². The third kappa shape index (κ3) is 5.00. The van der Waals surface area contributed by atoms with Crippen LogP contribution < -0.4 is 4.72 Å². The van der Waals surface area contributed by atoms with Crippen molar-refractivity contribution in [1.82, 2.24) is 19.7 Å². The van der Waals surface area contributed by atoms with Gasteiger partial charge < -0.3 is 9.84 Å². The Bertz CT molecular complexity index is 930. The number of ether oxygens (including phenoxy) is 1. The van der Waals surface area contributed by atoms with E-state index in [4.69, 9.17) is 4.74 Å². The normalized spacial score (nSPS) is 25.2. The summed E-state index contributed by atoms with van der Waals surface area (Å²) in [6, 6.07) is 4.09. The van der Waals surface area contributed by atoms with Gasteiger partial charge in [0.1, 0.15) is 5.82 Å². The minimum absolute atomic E-state index is 0.0182. The van der Waals surface area contributed by atoms with E-state index >= 15 is 0 Å². The second-order valence-corrected chi connectivity index (χ2v) is 9.42. The lowest BCUT2D eigenvalue weighted by molar-refractivity contribution is -0.0891. The van der Waals surface area contributed by atoms with Crippen LogP contribution in [0.5, 0.6) is 0 Å². The van der Waals surface area contributed by atoms with Crippen molar-refractivity contribution in [2.24, 2.45) is 0 Å². The number of nitrogens with zero attached hydrogens (tertiary/aromatic N) is 3. The summed E-state index contributed by atoms with van der Waals surface area (Å²) in [6.45, 7) is 0.372. The predicted octanol–water partition coefficient (Wildman–Crippen LogP) is 1.57. The molecule has 0 bridgehead atoms. The third-order valence-corrected chi connectivity index (χ3v) is 6.96. The van der Waals surface area contributed by atoms with E-state index < -0.39 is 28.0 Å². The highest BCUT2D eigenvalue weighted by molar-refractivity contribution is 7.89. The smallest absolute Gasteiger partial charge is 0.240 e. The zero-order chi connectivity index (χ0) is 20.4. The number of aliphatic hydroxyl groups is 1. The van der Waals surface area contributed by atoms with E-state index in [1.165, 1.54) is 25.0 Å². The molecular formula is C19H25FN4O4S. The van der Waals surface area contributed by atoms with Gasteiger partial charge in [-0.05, 0) is 56.4 Å². The molecule has 29 heavy (non-hydrogen) atoms. The van der Waals surface area contributed by atoms with Crippen LogP contribution in [0.25, 0.3) is 0 Å². The Balaban J connectivity index is 1.32. The van der Waals surface area contributed by atoms with Crippen molar-refractivity contribution < 1.29 is 22.7 Å². The zero-order valence-corrected chi connectivity index (χ0v) is 16.8. The molecule has 1 aliphatic heterocycles. The minimum Gasteiger partial charge on any atom is -0.394 e. The maximum atomic E-state index is 13.1. The molecule has 1 aromatic heterocycles. The van der Waals surface area contributed by atoms with Crippen LogP contribution in [0, 0.1) is 5.82 Å². The van der Waals surface area contributed by atoms with Gasteiger partial charge in [-0.3, -0.25) is 4.68 Å². The maximum absolute atomic E-state index is 13.1. The molecule has 1 saturated heterocycles. The Morgan fingerprint density at radius 2 is 1.97 bits per heavy atom. The van der Waals surface area contributed by atoms with E-state index in [0.717, 1.165) is 17.8 Å². The summed E-state index contributed by atoms with van der Waals surface area (Å²) in [5.41, 5.74) is 1.04. The van der Waals surface area contributed by atoms with E-state index in [9.17, 15) is 17.9 Å². The van der Waals surface area contributed by atoms with E-state index in [0.29, 0.717) is 31.7 Å². The van der Waals surface area contributed by atoms with Crippen molar-refractivity contribution in [3.8, 4) is 0 Å². The van der Waals surface area contributed by atoms with Crippen molar-refractivity contribution in [2.45, 2.75) is 67.7 Å². The first-order chi connectivity index (χ1) is 13.9. The number of rotatable bonds is 8. The van der Waals surface area contributed by atoms with Gasteiger partial charge in [0.2, 0.25) is 10.0 Å². The molecule has 10 heteroatoms. The predicted molar refractivity (Wildman–Crippen MR) is 102 cm³/mol. The largest absolute Gasteiger partial charge is 0.394 e. The number of sulfonamides is 1. The van der Waals surface area contributed by atoms with Crippen LogP contribution in [0.3, 0.4) is 0 Å². The molecule has 2 aromatic rings. The standard InChI is InChI=1S/C19H25FN4O4S/c20-14-3-6-16(7-4-14)29(26,27)22-17-8-5-15(28-19(17)12-25)9-10-24-11-18(21-23-24)13-1-2-13/h3-4,6-7,11,13,15,17,19,22,25H,1-2,5,8-10,12H2/t15-,17+,19-/m0/s1. The van der Waals surface area contributed by atoms with Crippen LogP contribution in [0.15, 0.2) is 35.4 Å². The van der Waals surface area contributed by atoms with Gasteiger partial charge in [0.25, 0.3) is 0 Å². The molecule has 2 heterocycles. The summed E-state index contributed by atoms with van der Waals surface area (Å²) in [4.78, 5) is -0.0182. The first-order valence-electron chi connectivity index (χ1n) is 9.89. The monoisotopic (exact) mass is 424 g/mol. The van der Waals surface area contributed by atoms with Crippen molar-refractivity contribution in [1.29, 1.82) is 0 Å². The molecule has 3 atom stereocenters. The molecule has 0 amide bonds. The van der Waals surface area contributed by atoms with Gasteiger partial charge in [0, 0.05) is 18.7 Å². The summed E-state index contributed by atoms with van der Waals surface area (Å²) in [6.07, 6.45) is 5.52. The molecule has 1 aromatic carbocycles. The lowest BCUT2D eigenvalue weighted by atomic mass is 9.98. The highest BCUT2D eigenvalue weighted by Gasteiger charge is 2.34. The highest BCUT2D eigenvalue weighted by Crippen LogP contribution is 2.38.